The van der Waals surface area contributed by atoms with Crippen molar-refractivity contribution in [1.29, 1.82) is 0 Å². The highest BCUT2D eigenvalue weighted by atomic mass is 16.6. The normalized spacial score (nSPS) is 18.3. The van der Waals surface area contributed by atoms with Gasteiger partial charge in [0.2, 0.25) is 11.8 Å². The molecule has 1 aliphatic carbocycles. The van der Waals surface area contributed by atoms with Crippen molar-refractivity contribution < 1.29 is 38.2 Å². The quantitative estimate of drug-likeness (QED) is 0.221. The number of hydrogen-bond acceptors (Lipinski definition) is 10. The molecule has 14 heteroatoms. The van der Waals surface area contributed by atoms with Crippen molar-refractivity contribution in [3.63, 3.8) is 0 Å². The molecule has 4 amide bonds. The Labute approximate surface area is 304 Å². The molecule has 280 valence electrons. The lowest BCUT2D eigenvalue weighted by Crippen LogP contribution is -2.48. The minimum atomic E-state index is -0.666. The van der Waals surface area contributed by atoms with E-state index >= 15 is 0 Å². The Kier molecular flexibility index (Phi) is 11.4. The van der Waals surface area contributed by atoms with Gasteiger partial charge in [-0.15, -0.1) is 0 Å². The van der Waals surface area contributed by atoms with Gasteiger partial charge in [0.25, 0.3) is 0 Å². The summed E-state index contributed by atoms with van der Waals surface area (Å²) >= 11 is 0. The standard InChI is InChI=1S/C38H50N6O8/c1-37(2,3)51-35(49)43-21-9-15-27(43)33(47)41-19-17-39-25-13-7-11-23-29(25)31(45)24-12-8-14-26(30(24)32(23)46)40-18-20-42-34(48)28-16-10-22-44(28)36(50)52-38(4,5)6/h7-8,11-14,27-28,39-40H,9-10,15-22H2,1-6H3,(H,41,47)(H,42,48). The Balaban J connectivity index is 1.16. The number of hydrogen-bond donors (Lipinski definition) is 4. The SMILES string of the molecule is CC(C)(C)OC(=O)N1CCCC1C(=O)NCCNc1cccc2c1C(=O)c1cccc(NCCNC(=O)C3CCCN3C(=O)OC(C)(C)C)c1C2=O. The van der Waals surface area contributed by atoms with E-state index in [0.717, 1.165) is 0 Å². The van der Waals surface area contributed by atoms with Crippen LogP contribution in [0, 0.1) is 0 Å². The van der Waals surface area contributed by atoms with Crippen LogP contribution in [-0.2, 0) is 19.1 Å². The fourth-order valence-electron chi connectivity index (χ4n) is 6.69. The number of ether oxygens (including phenoxy) is 2. The zero-order valence-corrected chi connectivity index (χ0v) is 30.9. The van der Waals surface area contributed by atoms with E-state index in [-0.39, 0.29) is 71.8 Å². The number of rotatable bonds is 10. The molecule has 0 bridgehead atoms. The van der Waals surface area contributed by atoms with E-state index in [1.165, 1.54) is 9.80 Å². The van der Waals surface area contributed by atoms with Crippen molar-refractivity contribution in [2.45, 2.75) is 90.5 Å². The Morgan fingerprint density at radius 3 is 1.38 bits per heavy atom. The molecule has 2 unspecified atom stereocenters. The predicted octanol–water partition coefficient (Wildman–Crippen LogP) is 4.32. The summed E-state index contributed by atoms with van der Waals surface area (Å²) in [6.45, 7) is 12.6. The van der Waals surface area contributed by atoms with Crippen LogP contribution < -0.4 is 21.3 Å². The number of benzene rings is 2. The molecule has 2 aliphatic heterocycles. The van der Waals surface area contributed by atoms with Gasteiger partial charge in [0.1, 0.15) is 23.3 Å². The second-order valence-electron chi connectivity index (χ2n) is 15.2. The zero-order chi connectivity index (χ0) is 37.8. The molecule has 2 atom stereocenters. The Bertz CT molecular complexity index is 1600. The van der Waals surface area contributed by atoms with E-state index in [9.17, 15) is 28.8 Å². The van der Waals surface area contributed by atoms with Crippen molar-refractivity contribution in [2.75, 3.05) is 49.9 Å². The number of anilines is 2. The highest BCUT2D eigenvalue weighted by molar-refractivity contribution is 6.31. The molecule has 2 fully saturated rings. The third-order valence-corrected chi connectivity index (χ3v) is 8.92. The number of fused-ring (bicyclic) bond motifs is 2. The first kappa shape index (κ1) is 38.1. The molecule has 3 aliphatic rings. The molecule has 0 spiro atoms. The van der Waals surface area contributed by atoms with E-state index in [2.05, 4.69) is 21.3 Å². The maximum absolute atomic E-state index is 13.8. The number of ketones is 2. The van der Waals surface area contributed by atoms with Gasteiger partial charge in [0.15, 0.2) is 11.6 Å². The molecule has 0 radical (unpaired) electrons. The average molecular weight is 719 g/mol. The first-order valence-corrected chi connectivity index (χ1v) is 17.9. The largest absolute Gasteiger partial charge is 0.444 e. The molecule has 0 aromatic heterocycles. The van der Waals surface area contributed by atoms with Gasteiger partial charge in [0, 0.05) is 61.8 Å². The van der Waals surface area contributed by atoms with Gasteiger partial charge in [-0.1, -0.05) is 24.3 Å². The van der Waals surface area contributed by atoms with Crippen LogP contribution in [0.1, 0.15) is 99.1 Å². The van der Waals surface area contributed by atoms with Gasteiger partial charge in [0.05, 0.1) is 11.1 Å². The summed E-state index contributed by atoms with van der Waals surface area (Å²) in [5.74, 6) is -1.17. The molecule has 2 saturated heterocycles. The van der Waals surface area contributed by atoms with E-state index in [1.54, 1.807) is 77.9 Å². The monoisotopic (exact) mass is 718 g/mol. The molecule has 2 aromatic carbocycles. The van der Waals surface area contributed by atoms with Crippen LogP contribution in [0.4, 0.5) is 21.0 Å². The van der Waals surface area contributed by atoms with E-state index < -0.39 is 35.5 Å². The van der Waals surface area contributed by atoms with Crippen LogP contribution in [0.15, 0.2) is 36.4 Å². The second kappa shape index (κ2) is 15.6. The summed E-state index contributed by atoms with van der Waals surface area (Å²) in [4.78, 5) is 81.8. The van der Waals surface area contributed by atoms with Gasteiger partial charge in [-0.25, -0.2) is 9.59 Å². The van der Waals surface area contributed by atoms with Crippen LogP contribution in [0.5, 0.6) is 0 Å². The zero-order valence-electron chi connectivity index (χ0n) is 30.9. The van der Waals surface area contributed by atoms with Gasteiger partial charge < -0.3 is 30.7 Å². The second-order valence-corrected chi connectivity index (χ2v) is 15.2. The highest BCUT2D eigenvalue weighted by Crippen LogP contribution is 2.35. The predicted molar refractivity (Wildman–Crippen MR) is 195 cm³/mol. The van der Waals surface area contributed by atoms with E-state index in [0.29, 0.717) is 50.1 Å². The van der Waals surface area contributed by atoms with Crippen LogP contribution >= 0.6 is 0 Å². The topological polar surface area (TPSA) is 175 Å². The number of amides is 4. The summed E-state index contributed by atoms with van der Waals surface area (Å²) in [5, 5.41) is 12.1. The first-order chi connectivity index (χ1) is 24.6. The van der Waals surface area contributed by atoms with Gasteiger partial charge >= 0.3 is 12.2 Å². The van der Waals surface area contributed by atoms with Gasteiger partial charge in [-0.3, -0.25) is 29.0 Å². The summed E-state index contributed by atoms with van der Waals surface area (Å²) in [5.41, 5.74) is 0.650. The number of nitrogens with zero attached hydrogens (tertiary/aromatic N) is 2. The van der Waals surface area contributed by atoms with E-state index in [1.807, 2.05) is 0 Å². The average Bonchev–Trinajstić information content (AvgIpc) is 3.77. The lowest BCUT2D eigenvalue weighted by molar-refractivity contribution is -0.126. The summed E-state index contributed by atoms with van der Waals surface area (Å²) in [6.07, 6.45) is 1.46. The Morgan fingerprint density at radius 1 is 0.635 bits per heavy atom. The molecule has 0 saturated carbocycles. The fraction of sp³-hybridized carbons (Fsp3) is 0.526. The molecule has 14 nitrogen and oxygen atoms in total. The van der Waals surface area contributed by atoms with Crippen molar-refractivity contribution in [1.82, 2.24) is 20.4 Å². The summed E-state index contributed by atoms with van der Waals surface area (Å²) < 4.78 is 10.9. The number of likely N-dealkylation sites (tertiary alicyclic amines) is 2. The Morgan fingerprint density at radius 2 is 1.02 bits per heavy atom. The van der Waals surface area contributed by atoms with E-state index in [4.69, 9.17) is 9.47 Å². The number of carbonyl (C=O) groups excluding carboxylic acids is 6. The fourth-order valence-corrected chi connectivity index (χ4v) is 6.69. The van der Waals surface area contributed by atoms with Crippen LogP contribution in [-0.4, -0.2) is 108 Å². The molecular formula is C38H50N6O8. The number of carbonyl (C=O) groups is 6. The van der Waals surface area contributed by atoms with Crippen molar-refractivity contribution in [2.24, 2.45) is 0 Å². The van der Waals surface area contributed by atoms with Crippen molar-refractivity contribution in [3.05, 3.63) is 58.7 Å². The number of nitrogens with one attached hydrogen (secondary N) is 4. The lowest BCUT2D eigenvalue weighted by Gasteiger charge is -2.28. The minimum Gasteiger partial charge on any atom is -0.444 e. The van der Waals surface area contributed by atoms with Crippen LogP contribution in [0.3, 0.4) is 0 Å². The maximum atomic E-state index is 13.8. The Hall–Kier alpha value is -5.14. The molecule has 4 N–H and O–H groups in total. The molecule has 2 heterocycles. The van der Waals surface area contributed by atoms with Crippen molar-refractivity contribution >= 4 is 46.9 Å². The molecule has 52 heavy (non-hydrogen) atoms. The lowest BCUT2D eigenvalue weighted by atomic mass is 9.82. The van der Waals surface area contributed by atoms with Gasteiger partial charge in [-0.05, 0) is 79.4 Å². The summed E-state index contributed by atoms with van der Waals surface area (Å²) in [6, 6.07) is 8.84. The maximum Gasteiger partial charge on any atom is 0.410 e. The van der Waals surface area contributed by atoms with Crippen LogP contribution in [0.25, 0.3) is 0 Å². The first-order valence-electron chi connectivity index (χ1n) is 17.9. The smallest absolute Gasteiger partial charge is 0.410 e. The summed E-state index contributed by atoms with van der Waals surface area (Å²) in [7, 11) is 0. The molecule has 5 rings (SSSR count). The third-order valence-electron chi connectivity index (χ3n) is 8.92. The minimum absolute atomic E-state index is 0.226. The van der Waals surface area contributed by atoms with Crippen LogP contribution in [0.2, 0.25) is 0 Å². The van der Waals surface area contributed by atoms with Crippen molar-refractivity contribution in [3.8, 4) is 0 Å². The molecule has 2 aromatic rings. The highest BCUT2D eigenvalue weighted by Gasteiger charge is 2.38. The molecular weight excluding hydrogens is 668 g/mol. The van der Waals surface area contributed by atoms with Gasteiger partial charge in [-0.2, -0.15) is 0 Å². The third kappa shape index (κ3) is 8.83.